The average Bonchev–Trinajstić information content (AvgIpc) is 2.49. The van der Waals surface area contributed by atoms with Crippen LogP contribution in [-0.4, -0.2) is 24.4 Å². The molecule has 1 rings (SSSR count). The molecule has 0 N–H and O–H groups in total. The summed E-state index contributed by atoms with van der Waals surface area (Å²) in [5, 5.41) is 0. The topological polar surface area (TPSA) is 81.7 Å². The zero-order valence-electron chi connectivity index (χ0n) is 7.23. The Morgan fingerprint density at radius 1 is 1.69 bits per heavy atom. The van der Waals surface area contributed by atoms with Crippen LogP contribution in [0.3, 0.4) is 0 Å². The van der Waals surface area contributed by atoms with Gasteiger partial charge in [0.15, 0.2) is 0 Å². The van der Waals surface area contributed by atoms with E-state index in [1.807, 2.05) is 0 Å². The Kier molecular flexibility index (Phi) is 3.80. The molecule has 1 unspecified atom stereocenters. The van der Waals surface area contributed by atoms with Crippen LogP contribution in [0.2, 0.25) is 0 Å². The van der Waals surface area contributed by atoms with Crippen molar-refractivity contribution in [3.05, 3.63) is 0 Å². The first-order valence-corrected chi connectivity index (χ1v) is 6.52. The minimum atomic E-state index is -4.87. The maximum atomic E-state index is 10.2. The molecule has 1 heterocycles. The number of phosphoric acid groups is 1. The van der Waals surface area contributed by atoms with Crippen molar-refractivity contribution in [3.63, 3.8) is 0 Å². The monoisotopic (exact) mass is 226 g/mol. The predicted molar refractivity (Wildman–Crippen MR) is 45.0 cm³/mol. The van der Waals surface area contributed by atoms with Crippen LogP contribution < -0.4 is 9.79 Å². The first-order valence-electron chi connectivity index (χ1n) is 3.83. The van der Waals surface area contributed by atoms with Crippen molar-refractivity contribution in [3.8, 4) is 0 Å². The third kappa shape index (κ3) is 3.58. The molecule has 1 aliphatic rings. The lowest BCUT2D eigenvalue weighted by Gasteiger charge is -2.34. The van der Waals surface area contributed by atoms with Crippen molar-refractivity contribution < 1.29 is 23.6 Å². The van der Waals surface area contributed by atoms with Gasteiger partial charge in [0.05, 0.1) is 14.4 Å². The molecule has 1 atom stereocenters. The van der Waals surface area contributed by atoms with Gasteiger partial charge in [0.25, 0.3) is 0 Å². The third-order valence-corrected chi connectivity index (χ3v) is 3.51. The number of hydrogen-bond acceptors (Lipinski definition) is 6. The largest absolute Gasteiger partial charge is 0.790 e. The Balaban J connectivity index is 2.45. The Hall–Kier alpha value is 0.420. The molecule has 0 aromatic carbocycles. The fourth-order valence-corrected chi connectivity index (χ4v) is 2.36. The molecule has 0 bridgehead atoms. The molecule has 0 saturated carbocycles. The number of hydrogen-bond donors (Lipinski definition) is 0. The van der Waals surface area contributed by atoms with E-state index in [0.29, 0.717) is 13.0 Å². The molecule has 1 saturated heterocycles. The molecule has 7 heteroatoms. The maximum absolute atomic E-state index is 10.2. The minimum absolute atomic E-state index is 0.182. The SMILES string of the molecule is CSC1(COP(=O)([O-])[O-])CCCO1. The van der Waals surface area contributed by atoms with E-state index in [-0.39, 0.29) is 6.61 Å². The molecule has 0 aliphatic carbocycles. The van der Waals surface area contributed by atoms with Crippen LogP contribution in [0.4, 0.5) is 0 Å². The zero-order chi connectivity index (χ0) is 9.95. The molecule has 1 aliphatic heterocycles. The molecular weight excluding hydrogens is 215 g/mol. The van der Waals surface area contributed by atoms with E-state index in [2.05, 4.69) is 4.52 Å². The Morgan fingerprint density at radius 2 is 2.38 bits per heavy atom. The van der Waals surface area contributed by atoms with E-state index in [1.165, 1.54) is 11.8 Å². The lowest BCUT2D eigenvalue weighted by atomic mass is 10.2. The lowest BCUT2D eigenvalue weighted by Crippen LogP contribution is -2.31. The highest BCUT2D eigenvalue weighted by atomic mass is 32.2. The fourth-order valence-electron chi connectivity index (χ4n) is 1.18. The highest BCUT2D eigenvalue weighted by Crippen LogP contribution is 2.38. The summed E-state index contributed by atoms with van der Waals surface area (Å²) < 4.78 is 19.8. The second-order valence-corrected chi connectivity index (χ2v) is 5.09. The Bertz CT molecular complexity index is 209. The maximum Gasteiger partial charge on any atom is 0.137 e. The quantitative estimate of drug-likeness (QED) is 0.612. The fraction of sp³-hybridized carbons (Fsp3) is 1.00. The van der Waals surface area contributed by atoms with Crippen LogP contribution in [0, 0.1) is 0 Å². The number of rotatable bonds is 4. The minimum Gasteiger partial charge on any atom is -0.790 e. The Morgan fingerprint density at radius 3 is 2.77 bits per heavy atom. The van der Waals surface area contributed by atoms with E-state index < -0.39 is 12.8 Å². The van der Waals surface area contributed by atoms with Gasteiger partial charge in [-0.05, 0) is 19.1 Å². The lowest BCUT2D eigenvalue weighted by molar-refractivity contribution is -0.343. The van der Waals surface area contributed by atoms with E-state index in [4.69, 9.17) is 4.74 Å². The van der Waals surface area contributed by atoms with E-state index >= 15 is 0 Å². The highest BCUT2D eigenvalue weighted by molar-refractivity contribution is 7.99. The molecule has 0 amide bonds. The molecule has 1 fully saturated rings. The Labute approximate surface area is 81.0 Å². The summed E-state index contributed by atoms with van der Waals surface area (Å²) in [6, 6.07) is 0. The molecule has 0 aromatic rings. The molecule has 0 aromatic heterocycles. The normalized spacial score (nSPS) is 29.5. The molecule has 78 valence electrons. The number of thioether (sulfide) groups is 1. The van der Waals surface area contributed by atoms with Crippen molar-refractivity contribution in [2.75, 3.05) is 19.5 Å². The van der Waals surface area contributed by atoms with Gasteiger partial charge < -0.3 is 23.6 Å². The summed E-state index contributed by atoms with van der Waals surface area (Å²) >= 11 is 1.37. The van der Waals surface area contributed by atoms with Crippen molar-refractivity contribution in [2.24, 2.45) is 0 Å². The van der Waals surface area contributed by atoms with Gasteiger partial charge in [0.1, 0.15) is 4.93 Å². The highest BCUT2D eigenvalue weighted by Gasteiger charge is 2.34. The van der Waals surface area contributed by atoms with Crippen LogP contribution in [-0.2, 0) is 13.8 Å². The van der Waals surface area contributed by atoms with E-state index in [9.17, 15) is 14.4 Å². The van der Waals surface area contributed by atoms with Gasteiger partial charge in [0, 0.05) is 6.61 Å². The van der Waals surface area contributed by atoms with Gasteiger partial charge in [-0.3, -0.25) is 0 Å². The number of ether oxygens (including phenoxy) is 1. The van der Waals surface area contributed by atoms with Crippen LogP contribution >= 0.6 is 19.6 Å². The molecule has 0 radical (unpaired) electrons. The van der Waals surface area contributed by atoms with Gasteiger partial charge in [-0.2, -0.15) is 0 Å². The molecule has 13 heavy (non-hydrogen) atoms. The van der Waals surface area contributed by atoms with Crippen molar-refractivity contribution in [2.45, 2.75) is 17.8 Å². The van der Waals surface area contributed by atoms with Crippen molar-refractivity contribution in [1.29, 1.82) is 0 Å². The van der Waals surface area contributed by atoms with Crippen LogP contribution in [0.25, 0.3) is 0 Å². The molecule has 5 nitrogen and oxygen atoms in total. The van der Waals surface area contributed by atoms with Crippen LogP contribution in [0.15, 0.2) is 0 Å². The predicted octanol–water partition coefficient (Wildman–Crippen LogP) is -0.299. The summed E-state index contributed by atoms with van der Waals surface area (Å²) in [5.41, 5.74) is 0. The van der Waals surface area contributed by atoms with Crippen LogP contribution in [0.5, 0.6) is 0 Å². The summed E-state index contributed by atoms with van der Waals surface area (Å²) in [6.07, 6.45) is 3.38. The second kappa shape index (κ2) is 4.29. The van der Waals surface area contributed by atoms with Gasteiger partial charge in [-0.1, -0.05) is 0 Å². The van der Waals surface area contributed by atoms with Crippen LogP contribution in [0.1, 0.15) is 12.8 Å². The summed E-state index contributed by atoms with van der Waals surface area (Å²) in [6.45, 7) is 0.407. The summed E-state index contributed by atoms with van der Waals surface area (Å²) in [5.74, 6) is 0. The van der Waals surface area contributed by atoms with Gasteiger partial charge >= 0.3 is 0 Å². The third-order valence-electron chi connectivity index (χ3n) is 1.88. The smallest absolute Gasteiger partial charge is 0.137 e. The second-order valence-electron chi connectivity index (χ2n) is 2.79. The van der Waals surface area contributed by atoms with Gasteiger partial charge in [0.2, 0.25) is 0 Å². The average molecular weight is 226 g/mol. The molecule has 0 spiro atoms. The van der Waals surface area contributed by atoms with Gasteiger partial charge in [-0.15, -0.1) is 11.8 Å². The van der Waals surface area contributed by atoms with Gasteiger partial charge in [-0.25, -0.2) is 0 Å². The number of phosphoric ester groups is 1. The van der Waals surface area contributed by atoms with Crippen molar-refractivity contribution >= 4 is 19.6 Å². The first kappa shape index (κ1) is 11.5. The summed E-state index contributed by atoms with van der Waals surface area (Å²) in [4.78, 5) is 19.8. The standard InChI is InChI=1S/C6H13O5PS/c1-13-6(3-2-4-10-6)5-11-12(7,8)9/h2-5H2,1H3,(H2,7,8,9)/p-2. The first-order chi connectivity index (χ1) is 5.97. The summed E-state index contributed by atoms with van der Waals surface area (Å²) in [7, 11) is -4.87. The molecular formula is C6H11O5PS-2. The van der Waals surface area contributed by atoms with Crippen molar-refractivity contribution in [1.82, 2.24) is 0 Å². The van der Waals surface area contributed by atoms with E-state index in [0.717, 1.165) is 6.42 Å². The zero-order valence-corrected chi connectivity index (χ0v) is 8.94. The van der Waals surface area contributed by atoms with E-state index in [1.54, 1.807) is 6.26 Å².